The Labute approximate surface area is 124 Å². The summed E-state index contributed by atoms with van der Waals surface area (Å²) in [5, 5.41) is 6.37. The molecule has 0 radical (unpaired) electrons. The highest BCUT2D eigenvalue weighted by Gasteiger charge is 2.11. The average Bonchev–Trinajstić information content (AvgIpc) is 2.91. The molecule has 0 bridgehead atoms. The molecular weight excluding hydrogens is 295 g/mol. The van der Waals surface area contributed by atoms with Crippen LogP contribution in [0.5, 0.6) is 0 Å². The lowest BCUT2D eigenvalue weighted by molar-refractivity contribution is 0.628. The zero-order valence-corrected chi connectivity index (χ0v) is 11.9. The Morgan fingerprint density at radius 2 is 2.19 bits per heavy atom. The zero-order valence-electron chi connectivity index (χ0n) is 11.1. The number of H-pyrrole nitrogens is 1. The van der Waals surface area contributed by atoms with Crippen molar-refractivity contribution < 1.29 is 4.39 Å². The van der Waals surface area contributed by atoms with E-state index in [1.165, 1.54) is 18.5 Å². The van der Waals surface area contributed by atoms with E-state index in [0.717, 1.165) is 0 Å². The molecule has 6 nitrogen and oxygen atoms in total. The van der Waals surface area contributed by atoms with Crippen molar-refractivity contribution in [2.24, 2.45) is 0 Å². The molecule has 0 unspecified atom stereocenters. The fraction of sp³-hybridized carbons (Fsp3) is 0.154. The minimum Gasteiger partial charge on any atom is -0.354 e. The maximum Gasteiger partial charge on any atom is 0.226 e. The number of hydrogen-bond acceptors (Lipinski definition) is 5. The van der Waals surface area contributed by atoms with E-state index in [1.54, 1.807) is 6.07 Å². The van der Waals surface area contributed by atoms with Gasteiger partial charge in [0.15, 0.2) is 11.5 Å². The molecule has 108 valence electrons. The highest BCUT2D eigenvalue weighted by molar-refractivity contribution is 6.33. The number of anilines is 3. The SMILES string of the molecule is CCNc1nc(Nc2ccc(F)cc2Cl)c2[nH]cnc2n1. The Morgan fingerprint density at radius 3 is 2.95 bits per heavy atom. The number of rotatable bonds is 4. The Balaban J connectivity index is 2.04. The summed E-state index contributed by atoms with van der Waals surface area (Å²) in [6, 6.07) is 4.11. The Kier molecular flexibility index (Phi) is 3.57. The molecule has 21 heavy (non-hydrogen) atoms. The summed E-state index contributed by atoms with van der Waals surface area (Å²) in [7, 11) is 0. The number of nitrogens with zero attached hydrogens (tertiary/aromatic N) is 3. The first-order chi connectivity index (χ1) is 10.2. The molecule has 0 amide bonds. The smallest absolute Gasteiger partial charge is 0.226 e. The second-order valence-corrected chi connectivity index (χ2v) is 4.68. The van der Waals surface area contributed by atoms with Crippen molar-refractivity contribution in [3.05, 3.63) is 35.4 Å². The summed E-state index contributed by atoms with van der Waals surface area (Å²) >= 11 is 6.02. The van der Waals surface area contributed by atoms with E-state index >= 15 is 0 Å². The van der Waals surface area contributed by atoms with Gasteiger partial charge in [0.1, 0.15) is 11.3 Å². The average molecular weight is 307 g/mol. The van der Waals surface area contributed by atoms with Crippen LogP contribution in [0.25, 0.3) is 11.2 Å². The first kappa shape index (κ1) is 13.6. The second kappa shape index (κ2) is 5.53. The fourth-order valence-corrected chi connectivity index (χ4v) is 2.09. The molecular formula is C13H12ClFN6. The van der Waals surface area contributed by atoms with Crippen LogP contribution < -0.4 is 10.6 Å². The number of imidazole rings is 1. The first-order valence-electron chi connectivity index (χ1n) is 6.34. The Morgan fingerprint density at radius 1 is 1.33 bits per heavy atom. The van der Waals surface area contributed by atoms with E-state index in [0.29, 0.717) is 35.2 Å². The largest absolute Gasteiger partial charge is 0.354 e. The molecule has 1 aromatic carbocycles. The molecule has 8 heteroatoms. The van der Waals surface area contributed by atoms with Gasteiger partial charge in [0, 0.05) is 6.54 Å². The lowest BCUT2D eigenvalue weighted by Gasteiger charge is -2.10. The molecule has 0 saturated heterocycles. The zero-order chi connectivity index (χ0) is 14.8. The number of halogens is 2. The quantitative estimate of drug-likeness (QED) is 0.689. The van der Waals surface area contributed by atoms with Crippen LogP contribution in [-0.4, -0.2) is 26.5 Å². The van der Waals surface area contributed by atoms with Gasteiger partial charge in [0.05, 0.1) is 17.0 Å². The van der Waals surface area contributed by atoms with Crippen molar-refractivity contribution in [2.75, 3.05) is 17.2 Å². The van der Waals surface area contributed by atoms with Crippen LogP contribution in [0, 0.1) is 5.82 Å². The second-order valence-electron chi connectivity index (χ2n) is 4.28. The van der Waals surface area contributed by atoms with Crippen molar-refractivity contribution >= 4 is 40.2 Å². The minimum absolute atomic E-state index is 0.270. The molecule has 0 aliphatic rings. The third kappa shape index (κ3) is 2.73. The summed E-state index contributed by atoms with van der Waals surface area (Å²) in [5.74, 6) is 0.577. The molecule has 2 aromatic heterocycles. The molecule has 0 aliphatic carbocycles. The number of benzene rings is 1. The summed E-state index contributed by atoms with van der Waals surface area (Å²) in [6.07, 6.45) is 1.53. The fourth-order valence-electron chi connectivity index (χ4n) is 1.88. The standard InChI is InChI=1S/C13H12ClFN6/c1-2-16-13-20-11-10(17-6-18-11)12(21-13)19-9-4-3-7(15)5-8(9)14/h3-6H,2H2,1H3,(H3,16,17,18,19,20,21). The van der Waals surface area contributed by atoms with E-state index < -0.39 is 5.82 Å². The number of hydrogen-bond donors (Lipinski definition) is 3. The predicted octanol–water partition coefficient (Wildman–Crippen LogP) is 3.32. The Hall–Kier alpha value is -2.41. The first-order valence-corrected chi connectivity index (χ1v) is 6.72. The van der Waals surface area contributed by atoms with E-state index in [2.05, 4.69) is 30.6 Å². The maximum absolute atomic E-state index is 13.1. The monoisotopic (exact) mass is 306 g/mol. The highest BCUT2D eigenvalue weighted by Crippen LogP contribution is 2.28. The van der Waals surface area contributed by atoms with Gasteiger partial charge in [-0.05, 0) is 25.1 Å². The lowest BCUT2D eigenvalue weighted by atomic mass is 10.3. The Bertz CT molecular complexity index is 787. The van der Waals surface area contributed by atoms with Crippen LogP contribution in [0.1, 0.15) is 6.92 Å². The number of nitrogens with one attached hydrogen (secondary N) is 3. The van der Waals surface area contributed by atoms with Crippen molar-refractivity contribution in [2.45, 2.75) is 6.92 Å². The van der Waals surface area contributed by atoms with Crippen LogP contribution in [0.2, 0.25) is 5.02 Å². The molecule has 2 heterocycles. The topological polar surface area (TPSA) is 78.5 Å². The van der Waals surface area contributed by atoms with Gasteiger partial charge in [-0.3, -0.25) is 0 Å². The van der Waals surface area contributed by atoms with Gasteiger partial charge in [-0.2, -0.15) is 9.97 Å². The van der Waals surface area contributed by atoms with Crippen molar-refractivity contribution in [1.29, 1.82) is 0 Å². The lowest BCUT2D eigenvalue weighted by Crippen LogP contribution is -2.05. The van der Waals surface area contributed by atoms with Gasteiger partial charge in [-0.25, -0.2) is 9.37 Å². The third-order valence-corrected chi connectivity index (χ3v) is 3.12. The normalized spacial score (nSPS) is 10.8. The van der Waals surface area contributed by atoms with Crippen LogP contribution in [0.15, 0.2) is 24.5 Å². The summed E-state index contributed by atoms with van der Waals surface area (Å²) in [4.78, 5) is 15.7. The molecule has 0 saturated carbocycles. The molecule has 0 aliphatic heterocycles. The van der Waals surface area contributed by atoms with Gasteiger partial charge in [0.2, 0.25) is 5.95 Å². The van der Waals surface area contributed by atoms with E-state index in [1.807, 2.05) is 6.92 Å². The molecule has 3 aromatic rings. The van der Waals surface area contributed by atoms with Gasteiger partial charge in [-0.15, -0.1) is 0 Å². The van der Waals surface area contributed by atoms with Crippen LogP contribution >= 0.6 is 11.6 Å². The summed E-state index contributed by atoms with van der Waals surface area (Å²) < 4.78 is 13.1. The molecule has 3 rings (SSSR count). The van der Waals surface area contributed by atoms with Gasteiger partial charge < -0.3 is 15.6 Å². The molecule has 3 N–H and O–H groups in total. The van der Waals surface area contributed by atoms with E-state index in [-0.39, 0.29) is 5.02 Å². The molecule has 0 spiro atoms. The number of aromatic nitrogens is 4. The van der Waals surface area contributed by atoms with Crippen LogP contribution in [0.4, 0.5) is 21.8 Å². The molecule has 0 fully saturated rings. The van der Waals surface area contributed by atoms with Crippen molar-refractivity contribution in [3.63, 3.8) is 0 Å². The van der Waals surface area contributed by atoms with Crippen LogP contribution in [0.3, 0.4) is 0 Å². The summed E-state index contributed by atoms with van der Waals surface area (Å²) in [6.45, 7) is 2.63. The number of fused-ring (bicyclic) bond motifs is 1. The van der Waals surface area contributed by atoms with Gasteiger partial charge >= 0.3 is 0 Å². The van der Waals surface area contributed by atoms with Gasteiger partial charge in [0.25, 0.3) is 0 Å². The van der Waals surface area contributed by atoms with Gasteiger partial charge in [-0.1, -0.05) is 11.6 Å². The molecule has 0 atom stereocenters. The van der Waals surface area contributed by atoms with E-state index in [9.17, 15) is 4.39 Å². The minimum atomic E-state index is -0.395. The summed E-state index contributed by atoms with van der Waals surface area (Å²) in [5.41, 5.74) is 1.73. The number of aromatic amines is 1. The third-order valence-electron chi connectivity index (χ3n) is 2.80. The van der Waals surface area contributed by atoms with Crippen molar-refractivity contribution in [3.8, 4) is 0 Å². The highest BCUT2D eigenvalue weighted by atomic mass is 35.5. The van der Waals surface area contributed by atoms with Crippen LogP contribution in [-0.2, 0) is 0 Å². The predicted molar refractivity (Wildman–Crippen MR) is 80.5 cm³/mol. The van der Waals surface area contributed by atoms with Crippen molar-refractivity contribution in [1.82, 2.24) is 19.9 Å². The van der Waals surface area contributed by atoms with E-state index in [4.69, 9.17) is 11.6 Å². The maximum atomic E-state index is 13.1.